The van der Waals surface area contributed by atoms with Gasteiger partial charge in [0, 0.05) is 17.5 Å². The van der Waals surface area contributed by atoms with E-state index in [1.807, 2.05) is 0 Å². The lowest BCUT2D eigenvalue weighted by Crippen LogP contribution is -2.09. The molecule has 2 rings (SSSR count). The minimum atomic E-state index is -0.438. The van der Waals surface area contributed by atoms with Crippen molar-refractivity contribution in [2.75, 3.05) is 5.84 Å². The van der Waals surface area contributed by atoms with Crippen molar-refractivity contribution in [3.8, 4) is 0 Å². The highest BCUT2D eigenvalue weighted by molar-refractivity contribution is 5.84. The van der Waals surface area contributed by atoms with Crippen molar-refractivity contribution in [2.45, 2.75) is 6.92 Å². The van der Waals surface area contributed by atoms with Crippen LogP contribution in [-0.2, 0) is 0 Å². The van der Waals surface area contributed by atoms with Crippen LogP contribution in [0.5, 0.6) is 0 Å². The molecule has 14 heavy (non-hydrogen) atoms. The number of aromatic nitrogens is 2. The van der Waals surface area contributed by atoms with E-state index in [4.69, 9.17) is 5.84 Å². The third kappa shape index (κ3) is 1.08. The smallest absolute Gasteiger partial charge is 0.270 e. The topological polar surface area (TPSA) is 87.0 Å². The van der Waals surface area contributed by atoms with Crippen LogP contribution in [0.15, 0.2) is 18.2 Å². The van der Waals surface area contributed by atoms with Crippen molar-refractivity contribution in [1.29, 1.82) is 0 Å². The number of nitro groups is 1. The van der Waals surface area contributed by atoms with Gasteiger partial charge in [0.15, 0.2) is 0 Å². The summed E-state index contributed by atoms with van der Waals surface area (Å²) in [5.41, 5.74) is 1.42. The lowest BCUT2D eigenvalue weighted by atomic mass is 10.2. The van der Waals surface area contributed by atoms with Gasteiger partial charge in [0.05, 0.1) is 16.1 Å². The van der Waals surface area contributed by atoms with Gasteiger partial charge in [-0.15, -0.1) is 0 Å². The summed E-state index contributed by atoms with van der Waals surface area (Å²) in [7, 11) is 0. The standard InChI is InChI=1S/C8H8N4O2/c1-5-7-4-6(12(13)14)2-3-8(7)11(9)10-5/h2-4H,9H2,1H3. The Bertz CT molecular complexity index is 517. The first-order valence-corrected chi connectivity index (χ1v) is 3.98. The first-order chi connectivity index (χ1) is 6.59. The van der Waals surface area contributed by atoms with Gasteiger partial charge in [0.1, 0.15) is 0 Å². The van der Waals surface area contributed by atoms with Gasteiger partial charge in [-0.25, -0.2) is 0 Å². The highest BCUT2D eigenvalue weighted by atomic mass is 16.6. The zero-order valence-electron chi connectivity index (χ0n) is 7.47. The van der Waals surface area contributed by atoms with Crippen molar-refractivity contribution in [3.63, 3.8) is 0 Å². The Morgan fingerprint density at radius 3 is 2.93 bits per heavy atom. The number of non-ortho nitro benzene ring substituents is 1. The fourth-order valence-electron chi connectivity index (χ4n) is 1.40. The van der Waals surface area contributed by atoms with Gasteiger partial charge in [-0.3, -0.25) is 10.1 Å². The molecule has 0 aliphatic rings. The zero-order chi connectivity index (χ0) is 10.3. The number of benzene rings is 1. The Balaban J connectivity index is 2.77. The molecule has 2 N–H and O–H groups in total. The molecule has 0 spiro atoms. The van der Waals surface area contributed by atoms with E-state index in [2.05, 4.69) is 5.10 Å². The molecule has 0 saturated heterocycles. The fraction of sp³-hybridized carbons (Fsp3) is 0.125. The number of nitrogens with two attached hydrogens (primary N) is 1. The molecule has 0 aliphatic carbocycles. The molecule has 1 aromatic carbocycles. The van der Waals surface area contributed by atoms with Crippen LogP contribution in [0.3, 0.4) is 0 Å². The van der Waals surface area contributed by atoms with E-state index < -0.39 is 4.92 Å². The second kappa shape index (κ2) is 2.69. The van der Waals surface area contributed by atoms with E-state index in [-0.39, 0.29) is 5.69 Å². The Hall–Kier alpha value is -2.11. The number of hydrogen-bond acceptors (Lipinski definition) is 4. The Labute approximate surface area is 79.0 Å². The van der Waals surface area contributed by atoms with Gasteiger partial charge in [0.25, 0.3) is 5.69 Å². The normalized spacial score (nSPS) is 10.6. The molecule has 72 valence electrons. The summed E-state index contributed by atoms with van der Waals surface area (Å²) in [6.45, 7) is 1.76. The molecule has 0 amide bonds. The molecule has 0 atom stereocenters. The largest absolute Gasteiger partial charge is 0.323 e. The molecule has 1 aromatic heterocycles. The maximum atomic E-state index is 10.5. The van der Waals surface area contributed by atoms with Crippen LogP contribution < -0.4 is 5.84 Å². The maximum Gasteiger partial charge on any atom is 0.270 e. The molecule has 6 nitrogen and oxygen atoms in total. The van der Waals surface area contributed by atoms with Crippen molar-refractivity contribution < 1.29 is 4.92 Å². The Kier molecular flexibility index (Phi) is 1.63. The second-order valence-corrected chi connectivity index (χ2v) is 2.99. The predicted octanol–water partition coefficient (Wildman–Crippen LogP) is 0.967. The van der Waals surface area contributed by atoms with E-state index >= 15 is 0 Å². The molecule has 0 unspecified atom stereocenters. The molecule has 0 aliphatic heterocycles. The van der Waals surface area contributed by atoms with E-state index in [0.29, 0.717) is 16.6 Å². The second-order valence-electron chi connectivity index (χ2n) is 2.99. The van der Waals surface area contributed by atoms with Gasteiger partial charge in [-0.2, -0.15) is 9.89 Å². The number of fused-ring (bicyclic) bond motifs is 1. The van der Waals surface area contributed by atoms with Gasteiger partial charge in [-0.1, -0.05) is 0 Å². The summed E-state index contributed by atoms with van der Waals surface area (Å²) in [5, 5.41) is 15.2. The maximum absolute atomic E-state index is 10.5. The monoisotopic (exact) mass is 192 g/mol. The van der Waals surface area contributed by atoms with E-state index in [9.17, 15) is 10.1 Å². The molecule has 0 saturated carbocycles. The van der Waals surface area contributed by atoms with Crippen LogP contribution in [0.4, 0.5) is 5.69 Å². The number of aryl methyl sites for hydroxylation is 1. The van der Waals surface area contributed by atoms with E-state index in [1.54, 1.807) is 13.0 Å². The first kappa shape index (κ1) is 8.49. The summed E-state index contributed by atoms with van der Waals surface area (Å²) in [4.78, 5) is 11.3. The van der Waals surface area contributed by atoms with Crippen LogP contribution in [0.25, 0.3) is 10.9 Å². The van der Waals surface area contributed by atoms with Crippen LogP contribution in [-0.4, -0.2) is 14.8 Å². The van der Waals surface area contributed by atoms with E-state index in [1.165, 1.54) is 16.9 Å². The number of nitrogen functional groups attached to an aromatic ring is 1. The number of nitro benzene ring substituents is 1. The van der Waals surface area contributed by atoms with Crippen LogP contribution in [0.2, 0.25) is 0 Å². The Morgan fingerprint density at radius 1 is 1.57 bits per heavy atom. The van der Waals surface area contributed by atoms with Crippen molar-refractivity contribution in [1.82, 2.24) is 9.89 Å². The van der Waals surface area contributed by atoms with Crippen molar-refractivity contribution in [3.05, 3.63) is 34.0 Å². The number of nitrogens with zero attached hydrogens (tertiary/aromatic N) is 3. The molecular weight excluding hydrogens is 184 g/mol. The van der Waals surface area contributed by atoms with Crippen LogP contribution in [0.1, 0.15) is 5.69 Å². The predicted molar refractivity (Wildman–Crippen MR) is 51.3 cm³/mol. The van der Waals surface area contributed by atoms with Crippen LogP contribution >= 0.6 is 0 Å². The molecule has 0 fully saturated rings. The highest BCUT2D eigenvalue weighted by Gasteiger charge is 2.11. The fourth-order valence-corrected chi connectivity index (χ4v) is 1.40. The number of hydrogen-bond donors (Lipinski definition) is 1. The molecule has 1 heterocycles. The summed E-state index contributed by atoms with van der Waals surface area (Å²) in [6.07, 6.45) is 0. The van der Waals surface area contributed by atoms with Gasteiger partial charge in [0.2, 0.25) is 0 Å². The van der Waals surface area contributed by atoms with Crippen molar-refractivity contribution >= 4 is 16.6 Å². The summed E-state index contributed by atoms with van der Waals surface area (Å²) < 4.78 is 0. The summed E-state index contributed by atoms with van der Waals surface area (Å²) in [5.74, 6) is 5.54. The molecule has 6 heteroatoms. The third-order valence-corrected chi connectivity index (χ3v) is 2.09. The minimum Gasteiger partial charge on any atom is -0.323 e. The van der Waals surface area contributed by atoms with Crippen LogP contribution in [0, 0.1) is 17.0 Å². The first-order valence-electron chi connectivity index (χ1n) is 3.98. The van der Waals surface area contributed by atoms with E-state index in [0.717, 1.165) is 0 Å². The minimum absolute atomic E-state index is 0.0496. The SMILES string of the molecule is Cc1nn(N)c2ccc([N+](=O)[O-])cc12. The Morgan fingerprint density at radius 2 is 2.29 bits per heavy atom. The van der Waals surface area contributed by atoms with Gasteiger partial charge in [-0.05, 0) is 13.0 Å². The lowest BCUT2D eigenvalue weighted by molar-refractivity contribution is -0.384. The highest BCUT2D eigenvalue weighted by Crippen LogP contribution is 2.22. The average molecular weight is 192 g/mol. The quantitative estimate of drug-likeness (QED) is 0.414. The lowest BCUT2D eigenvalue weighted by Gasteiger charge is -1.93. The summed E-state index contributed by atoms with van der Waals surface area (Å²) in [6, 6.07) is 4.47. The molecule has 0 radical (unpaired) electrons. The molecular formula is C8H8N4O2. The van der Waals surface area contributed by atoms with Gasteiger partial charge < -0.3 is 5.84 Å². The zero-order valence-corrected chi connectivity index (χ0v) is 7.47. The third-order valence-electron chi connectivity index (χ3n) is 2.09. The number of rotatable bonds is 1. The molecule has 0 bridgehead atoms. The molecule has 2 aromatic rings. The van der Waals surface area contributed by atoms with Gasteiger partial charge >= 0.3 is 0 Å². The van der Waals surface area contributed by atoms with Crippen molar-refractivity contribution in [2.24, 2.45) is 0 Å². The average Bonchev–Trinajstić information content (AvgIpc) is 2.42. The summed E-state index contributed by atoms with van der Waals surface area (Å²) >= 11 is 0.